The van der Waals surface area contributed by atoms with Crippen molar-refractivity contribution in [3.05, 3.63) is 0 Å². The summed E-state index contributed by atoms with van der Waals surface area (Å²) in [5.41, 5.74) is 5.28. The summed E-state index contributed by atoms with van der Waals surface area (Å²) in [7, 11) is 0. The summed E-state index contributed by atoms with van der Waals surface area (Å²) < 4.78 is 1.45. The van der Waals surface area contributed by atoms with Gasteiger partial charge < -0.3 is 0 Å². The second-order valence-corrected chi connectivity index (χ2v) is 4.06. The molecule has 0 aliphatic heterocycles. The molecule has 2 heteroatoms. The molecule has 46 valence electrons. The molecule has 0 aromatic heterocycles. The Labute approximate surface area is 55.9 Å². The van der Waals surface area contributed by atoms with Gasteiger partial charge in [0.1, 0.15) is 0 Å². The second-order valence-electron chi connectivity index (χ2n) is 1.45. The molecule has 2 N–H and O–H groups in total. The van der Waals surface area contributed by atoms with E-state index in [9.17, 15) is 0 Å². The molecule has 0 aromatic rings. The van der Waals surface area contributed by atoms with Crippen molar-refractivity contribution >= 4 is 0 Å². The minimum absolute atomic E-state index is 0.539. The number of nitrogens with two attached hydrogens (primary N) is 1. The zero-order chi connectivity index (χ0) is 5.54. The van der Waals surface area contributed by atoms with Crippen molar-refractivity contribution in [3.63, 3.8) is 0 Å². The van der Waals surface area contributed by atoms with Gasteiger partial charge in [-0.05, 0) is 0 Å². The van der Waals surface area contributed by atoms with Crippen LogP contribution < -0.4 is 26.9 Å². The Hall–Kier alpha value is 0.690. The Morgan fingerprint density at radius 1 is 1.43 bits per heavy atom. The van der Waals surface area contributed by atoms with Gasteiger partial charge in [-0.15, -0.1) is 0 Å². The minimum atomic E-state index is 0.539. The molecule has 1 nitrogen and oxygen atoms in total. The molecule has 0 radical (unpaired) electrons. The molecule has 0 aliphatic carbocycles. The zero-order valence-electron chi connectivity index (χ0n) is 4.78. The second kappa shape index (κ2) is 6.69. The van der Waals surface area contributed by atoms with Crippen molar-refractivity contribution in [2.75, 3.05) is 15.9 Å². The Kier molecular flexibility index (Phi) is 7.35. The van der Waals surface area contributed by atoms with Crippen LogP contribution in [0.3, 0.4) is 0 Å². The average molecular weight is 214 g/mol. The molecule has 0 heterocycles. The first-order chi connectivity index (χ1) is 3.41. The van der Waals surface area contributed by atoms with Crippen molar-refractivity contribution in [1.82, 2.24) is 0 Å². The number of hydrogen-bond donors (Lipinski definition) is 1. The van der Waals surface area contributed by atoms with E-state index in [4.69, 9.17) is 5.73 Å². The Bertz CT molecular complexity index is 27.3. The van der Waals surface area contributed by atoms with Crippen molar-refractivity contribution in [2.45, 2.75) is 12.8 Å². The first-order valence-electron chi connectivity index (χ1n) is 2.55. The van der Waals surface area contributed by atoms with E-state index in [-0.39, 0.29) is 0 Å². The van der Waals surface area contributed by atoms with Gasteiger partial charge in [-0.25, -0.2) is 0 Å². The Balaban J connectivity index is 2.45. The Morgan fingerprint density at radius 2 is 2.14 bits per heavy atom. The van der Waals surface area contributed by atoms with Gasteiger partial charge in [-0.1, -0.05) is 0 Å². The molecule has 7 heavy (non-hydrogen) atoms. The summed E-state index contributed by atoms with van der Waals surface area (Å²) in [5, 5.41) is 0. The van der Waals surface area contributed by atoms with E-state index in [2.05, 4.69) is 4.93 Å². The fourth-order valence-corrected chi connectivity index (χ4v) is 1.67. The molecule has 0 spiro atoms. The van der Waals surface area contributed by atoms with Crippen molar-refractivity contribution in [3.8, 4) is 0 Å². The summed E-state index contributed by atoms with van der Waals surface area (Å²) in [4.78, 5) is 2.31. The van der Waals surface area contributed by atoms with E-state index in [1.807, 2.05) is 0 Å². The van der Waals surface area contributed by atoms with Crippen molar-refractivity contribution < 1.29 is 21.2 Å². The van der Waals surface area contributed by atoms with Crippen LogP contribution in [0.5, 0.6) is 0 Å². The van der Waals surface area contributed by atoms with Gasteiger partial charge in [0.05, 0.1) is 0 Å². The molecular formula is C5H13IN-. The van der Waals surface area contributed by atoms with E-state index in [1.54, 1.807) is 0 Å². The molecule has 0 unspecified atom stereocenters. The third-order valence-electron chi connectivity index (χ3n) is 0.777. The maximum absolute atomic E-state index is 5.28. The van der Waals surface area contributed by atoms with Gasteiger partial charge in [0.25, 0.3) is 0 Å². The third-order valence-corrected chi connectivity index (χ3v) is 2.62. The molecule has 0 rings (SSSR count). The molecule has 0 atom stereocenters. The predicted molar refractivity (Wildman–Crippen MR) is 29.1 cm³/mol. The summed E-state index contributed by atoms with van der Waals surface area (Å²) in [6.07, 6.45) is 2.59. The number of hydrogen-bond acceptors (Lipinski definition) is 1. The van der Waals surface area contributed by atoms with Crippen LogP contribution in [0, 0.1) is 0 Å². The molecule has 0 fully saturated rings. The van der Waals surface area contributed by atoms with Crippen LogP contribution >= 0.6 is 0 Å². The van der Waals surface area contributed by atoms with Crippen LogP contribution in [0.2, 0.25) is 0 Å². The average Bonchev–Trinajstić information content (AvgIpc) is 1.69. The summed E-state index contributed by atoms with van der Waals surface area (Å²) in [6, 6.07) is 0. The van der Waals surface area contributed by atoms with Crippen LogP contribution in [-0.4, -0.2) is 15.9 Å². The topological polar surface area (TPSA) is 26.0 Å². The quantitative estimate of drug-likeness (QED) is 0.311. The standard InChI is InChI=1S/C5H13IN/c1-6-4-2-3-5-7/h2-5,7H2,1H3/q-1. The molecule has 0 bridgehead atoms. The van der Waals surface area contributed by atoms with Crippen LogP contribution in [0.25, 0.3) is 0 Å². The van der Waals surface area contributed by atoms with E-state index in [0.717, 1.165) is 6.54 Å². The van der Waals surface area contributed by atoms with E-state index < -0.39 is 0 Å². The first kappa shape index (κ1) is 7.69. The molecule has 0 saturated carbocycles. The normalized spacial score (nSPS) is 10.0. The van der Waals surface area contributed by atoms with Crippen molar-refractivity contribution in [2.24, 2.45) is 5.73 Å². The fourth-order valence-electron chi connectivity index (χ4n) is 0.372. The number of halogens is 1. The molecule has 0 aliphatic rings. The van der Waals surface area contributed by atoms with Crippen LogP contribution in [-0.2, 0) is 0 Å². The van der Waals surface area contributed by atoms with Crippen LogP contribution in [0.4, 0.5) is 0 Å². The zero-order valence-corrected chi connectivity index (χ0v) is 6.94. The van der Waals surface area contributed by atoms with Crippen molar-refractivity contribution in [1.29, 1.82) is 0 Å². The van der Waals surface area contributed by atoms with Gasteiger partial charge in [-0.2, -0.15) is 0 Å². The maximum atomic E-state index is 5.28. The summed E-state index contributed by atoms with van der Waals surface area (Å²) in [6.45, 7) is 0.879. The van der Waals surface area contributed by atoms with Gasteiger partial charge >= 0.3 is 55.7 Å². The number of alkyl halides is 2. The van der Waals surface area contributed by atoms with Crippen LogP contribution in [0.15, 0.2) is 0 Å². The Morgan fingerprint density at radius 3 is 2.57 bits per heavy atom. The predicted octanol–water partition coefficient (Wildman–Crippen LogP) is -2.56. The van der Waals surface area contributed by atoms with E-state index in [1.165, 1.54) is 17.3 Å². The molecule has 0 saturated heterocycles. The third kappa shape index (κ3) is 6.69. The molecular weight excluding hydrogens is 201 g/mol. The monoisotopic (exact) mass is 214 g/mol. The van der Waals surface area contributed by atoms with Gasteiger partial charge in [-0.3, -0.25) is 0 Å². The number of unbranched alkanes of at least 4 members (excludes halogenated alkanes) is 1. The molecule has 0 amide bonds. The van der Waals surface area contributed by atoms with E-state index in [0.29, 0.717) is 21.2 Å². The SMILES string of the molecule is C[I-]CCCCN. The van der Waals surface area contributed by atoms with Crippen LogP contribution in [0.1, 0.15) is 12.8 Å². The van der Waals surface area contributed by atoms with Gasteiger partial charge in [0, 0.05) is 0 Å². The van der Waals surface area contributed by atoms with Gasteiger partial charge in [0.2, 0.25) is 0 Å². The molecule has 0 aromatic carbocycles. The summed E-state index contributed by atoms with van der Waals surface area (Å²) in [5.74, 6) is 0. The fraction of sp³-hybridized carbons (Fsp3) is 1.00. The number of rotatable bonds is 4. The van der Waals surface area contributed by atoms with Gasteiger partial charge in [0.15, 0.2) is 0 Å². The first-order valence-corrected chi connectivity index (χ1v) is 6.24. The summed E-state index contributed by atoms with van der Waals surface area (Å²) >= 11 is 0.539. The van der Waals surface area contributed by atoms with E-state index >= 15 is 0 Å².